The summed E-state index contributed by atoms with van der Waals surface area (Å²) in [6.45, 7) is -0.911. The summed E-state index contributed by atoms with van der Waals surface area (Å²) in [4.78, 5) is -0.587. The SMILES string of the molecule is CCc1ccc(S(=O)(=O)N[C@@H](C)C(F)(F)F)cc1OC(F)F. The predicted molar refractivity (Wildman–Crippen MR) is 68.3 cm³/mol. The van der Waals surface area contributed by atoms with Crippen molar-refractivity contribution in [1.29, 1.82) is 0 Å². The van der Waals surface area contributed by atoms with Crippen LogP contribution in [0.15, 0.2) is 23.1 Å². The number of sulfonamides is 1. The molecule has 0 bridgehead atoms. The summed E-state index contributed by atoms with van der Waals surface area (Å²) in [5.74, 6) is -0.389. The Hall–Kier alpha value is -1.42. The number of benzene rings is 1. The second-order valence-corrected chi connectivity index (χ2v) is 6.10. The fourth-order valence-electron chi connectivity index (χ4n) is 1.57. The van der Waals surface area contributed by atoms with Crippen LogP contribution in [-0.2, 0) is 16.4 Å². The van der Waals surface area contributed by atoms with Crippen molar-refractivity contribution < 1.29 is 35.1 Å². The minimum atomic E-state index is -4.77. The van der Waals surface area contributed by atoms with Gasteiger partial charge in [-0.05, 0) is 25.0 Å². The molecule has 0 fully saturated rings. The highest BCUT2D eigenvalue weighted by molar-refractivity contribution is 7.89. The molecule has 0 aliphatic heterocycles. The first-order valence-corrected chi connectivity index (χ1v) is 7.62. The number of nitrogens with one attached hydrogen (secondary N) is 1. The summed E-state index contributed by atoms with van der Waals surface area (Å²) in [5, 5.41) is 0. The fourth-order valence-corrected chi connectivity index (χ4v) is 2.81. The van der Waals surface area contributed by atoms with Crippen molar-refractivity contribution in [2.45, 2.75) is 44.0 Å². The average Bonchev–Trinajstić information content (AvgIpc) is 2.36. The Morgan fingerprint density at radius 1 is 1.27 bits per heavy atom. The number of hydrogen-bond acceptors (Lipinski definition) is 3. The molecule has 1 aromatic carbocycles. The maximum absolute atomic E-state index is 12.4. The molecule has 0 amide bonds. The van der Waals surface area contributed by atoms with E-state index in [-0.39, 0.29) is 12.2 Å². The van der Waals surface area contributed by atoms with Gasteiger partial charge in [0.2, 0.25) is 10.0 Å². The molecule has 1 aromatic rings. The largest absolute Gasteiger partial charge is 0.435 e. The summed E-state index contributed by atoms with van der Waals surface area (Å²) in [6, 6.07) is 0.701. The number of aryl methyl sites for hydroxylation is 1. The lowest BCUT2D eigenvalue weighted by atomic mass is 10.1. The topological polar surface area (TPSA) is 55.4 Å². The van der Waals surface area contributed by atoms with Crippen LogP contribution in [0.3, 0.4) is 0 Å². The standard InChI is InChI=1S/C12H14F5NO3S/c1-3-8-4-5-9(6-10(8)21-11(13)14)22(19,20)18-7(2)12(15,16)17/h4-7,11,18H,3H2,1-2H3/t7-/m0/s1. The van der Waals surface area contributed by atoms with Gasteiger partial charge < -0.3 is 4.74 Å². The molecular weight excluding hydrogens is 333 g/mol. The first-order chi connectivity index (χ1) is 9.97. The minimum Gasteiger partial charge on any atom is -0.435 e. The summed E-state index contributed by atoms with van der Waals surface area (Å²) < 4.78 is 91.2. The Bertz CT molecular complexity index is 616. The van der Waals surface area contributed by atoms with Gasteiger partial charge in [0.25, 0.3) is 0 Å². The van der Waals surface area contributed by atoms with Crippen molar-refractivity contribution in [3.8, 4) is 5.75 Å². The lowest BCUT2D eigenvalue weighted by molar-refractivity contribution is -0.147. The highest BCUT2D eigenvalue weighted by atomic mass is 32.2. The molecule has 4 nitrogen and oxygen atoms in total. The van der Waals surface area contributed by atoms with E-state index in [1.165, 1.54) is 10.8 Å². The molecule has 1 atom stereocenters. The number of ether oxygens (including phenoxy) is 1. The Balaban J connectivity index is 3.15. The van der Waals surface area contributed by atoms with Crippen LogP contribution in [0.5, 0.6) is 5.75 Å². The molecule has 0 aromatic heterocycles. The quantitative estimate of drug-likeness (QED) is 0.805. The van der Waals surface area contributed by atoms with Gasteiger partial charge in [0.1, 0.15) is 11.8 Å². The fraction of sp³-hybridized carbons (Fsp3) is 0.500. The van der Waals surface area contributed by atoms with E-state index in [1.807, 2.05) is 0 Å². The number of alkyl halides is 5. The smallest absolute Gasteiger partial charge is 0.404 e. The third-order valence-electron chi connectivity index (χ3n) is 2.77. The van der Waals surface area contributed by atoms with Crippen molar-refractivity contribution in [3.05, 3.63) is 23.8 Å². The summed E-state index contributed by atoms with van der Waals surface area (Å²) in [7, 11) is -4.52. The summed E-state index contributed by atoms with van der Waals surface area (Å²) in [5.41, 5.74) is 0.308. The Labute approximate surface area is 124 Å². The molecule has 0 spiro atoms. The zero-order valence-electron chi connectivity index (χ0n) is 11.6. The Kier molecular flexibility index (Phi) is 5.74. The maximum atomic E-state index is 12.4. The molecule has 1 N–H and O–H groups in total. The molecule has 0 unspecified atom stereocenters. The third-order valence-corrected chi connectivity index (χ3v) is 4.31. The number of hydrogen-bond donors (Lipinski definition) is 1. The van der Waals surface area contributed by atoms with Gasteiger partial charge in [0, 0.05) is 6.07 Å². The molecule has 0 saturated carbocycles. The summed E-state index contributed by atoms with van der Waals surface area (Å²) >= 11 is 0. The molecule has 0 heterocycles. The zero-order valence-corrected chi connectivity index (χ0v) is 12.4. The highest BCUT2D eigenvalue weighted by Gasteiger charge is 2.39. The van der Waals surface area contributed by atoms with E-state index in [2.05, 4.69) is 4.74 Å². The molecule has 0 saturated heterocycles. The second kappa shape index (κ2) is 6.78. The molecule has 1 rings (SSSR count). The number of rotatable bonds is 6. The van der Waals surface area contributed by atoms with Gasteiger partial charge in [0.05, 0.1) is 4.90 Å². The van der Waals surface area contributed by atoms with Crippen molar-refractivity contribution >= 4 is 10.0 Å². The van der Waals surface area contributed by atoms with Crippen LogP contribution in [0, 0.1) is 0 Å². The van der Waals surface area contributed by atoms with Gasteiger partial charge >= 0.3 is 12.8 Å². The van der Waals surface area contributed by atoms with E-state index in [0.29, 0.717) is 12.5 Å². The van der Waals surface area contributed by atoms with Gasteiger partial charge in [0.15, 0.2) is 0 Å². The van der Waals surface area contributed by atoms with E-state index >= 15 is 0 Å². The van der Waals surface area contributed by atoms with Crippen LogP contribution in [0.25, 0.3) is 0 Å². The number of halogens is 5. The van der Waals surface area contributed by atoms with Crippen LogP contribution in [0.2, 0.25) is 0 Å². The average molecular weight is 347 g/mol. The van der Waals surface area contributed by atoms with E-state index in [4.69, 9.17) is 0 Å². The molecule has 126 valence electrons. The molecule has 0 aliphatic rings. The van der Waals surface area contributed by atoms with E-state index in [9.17, 15) is 30.4 Å². The first-order valence-electron chi connectivity index (χ1n) is 6.14. The van der Waals surface area contributed by atoms with Crippen LogP contribution in [0.1, 0.15) is 19.4 Å². The predicted octanol–water partition coefficient (Wildman–Crippen LogP) is 3.08. The second-order valence-electron chi connectivity index (χ2n) is 4.39. The third kappa shape index (κ3) is 4.80. The van der Waals surface area contributed by atoms with Crippen LogP contribution in [-0.4, -0.2) is 27.2 Å². The monoisotopic (exact) mass is 347 g/mol. The lowest BCUT2D eigenvalue weighted by Crippen LogP contribution is -2.42. The Morgan fingerprint density at radius 3 is 2.32 bits per heavy atom. The lowest BCUT2D eigenvalue weighted by Gasteiger charge is -2.18. The van der Waals surface area contributed by atoms with E-state index < -0.39 is 33.7 Å². The van der Waals surface area contributed by atoms with Crippen molar-refractivity contribution in [2.24, 2.45) is 0 Å². The van der Waals surface area contributed by atoms with Crippen LogP contribution >= 0.6 is 0 Å². The molecule has 22 heavy (non-hydrogen) atoms. The van der Waals surface area contributed by atoms with Crippen LogP contribution in [0.4, 0.5) is 22.0 Å². The Morgan fingerprint density at radius 2 is 1.86 bits per heavy atom. The van der Waals surface area contributed by atoms with E-state index in [1.54, 1.807) is 6.92 Å². The zero-order chi connectivity index (χ0) is 17.1. The van der Waals surface area contributed by atoms with Crippen LogP contribution < -0.4 is 9.46 Å². The normalized spacial score (nSPS) is 14.2. The van der Waals surface area contributed by atoms with Gasteiger partial charge in [-0.3, -0.25) is 0 Å². The molecule has 10 heteroatoms. The molecular formula is C12H14F5NO3S. The van der Waals surface area contributed by atoms with Gasteiger partial charge in [-0.2, -0.15) is 26.7 Å². The molecule has 0 aliphatic carbocycles. The first kappa shape index (κ1) is 18.6. The van der Waals surface area contributed by atoms with Gasteiger partial charge in [-0.15, -0.1) is 0 Å². The summed E-state index contributed by atoms with van der Waals surface area (Å²) in [6.07, 6.45) is -4.48. The van der Waals surface area contributed by atoms with E-state index in [0.717, 1.165) is 12.1 Å². The van der Waals surface area contributed by atoms with Crippen molar-refractivity contribution in [1.82, 2.24) is 4.72 Å². The van der Waals surface area contributed by atoms with Crippen molar-refractivity contribution in [3.63, 3.8) is 0 Å². The highest BCUT2D eigenvalue weighted by Crippen LogP contribution is 2.27. The molecule has 0 radical (unpaired) electrons. The minimum absolute atomic E-state index is 0.286. The van der Waals surface area contributed by atoms with Gasteiger partial charge in [-0.25, -0.2) is 8.42 Å². The van der Waals surface area contributed by atoms with Crippen molar-refractivity contribution in [2.75, 3.05) is 0 Å². The maximum Gasteiger partial charge on any atom is 0.404 e. The van der Waals surface area contributed by atoms with Gasteiger partial charge in [-0.1, -0.05) is 13.0 Å².